The van der Waals surface area contributed by atoms with Gasteiger partial charge in [0, 0.05) is 16.8 Å². The number of esters is 1. The molecule has 160 valence electrons. The molecular formula is C22H25FN2O5. The van der Waals surface area contributed by atoms with Crippen molar-refractivity contribution in [2.24, 2.45) is 5.92 Å². The first-order chi connectivity index (χ1) is 14.0. The van der Waals surface area contributed by atoms with Gasteiger partial charge in [-0.05, 0) is 56.5 Å². The first-order valence-corrected chi connectivity index (χ1v) is 9.49. The molecule has 1 heterocycles. The third kappa shape index (κ3) is 5.20. The molecule has 1 aromatic heterocycles. The fourth-order valence-corrected chi connectivity index (χ4v) is 3.18. The Morgan fingerprint density at radius 1 is 1.10 bits per heavy atom. The SMILES string of the molecule is CC(=O)c1c(C)[nH]c(C(=O)COC(=O)[C@@H](NC(=O)c2ccc(F)cc2)C(C)C)c1C. The molecule has 1 atom stereocenters. The van der Waals surface area contributed by atoms with Crippen LogP contribution in [0.5, 0.6) is 0 Å². The molecule has 1 amide bonds. The van der Waals surface area contributed by atoms with Crippen LogP contribution in [0.15, 0.2) is 24.3 Å². The van der Waals surface area contributed by atoms with Crippen LogP contribution in [0.4, 0.5) is 4.39 Å². The molecule has 0 saturated carbocycles. The topological polar surface area (TPSA) is 105 Å². The normalized spacial score (nSPS) is 11.8. The zero-order valence-corrected chi connectivity index (χ0v) is 17.6. The van der Waals surface area contributed by atoms with Gasteiger partial charge in [0.05, 0.1) is 5.69 Å². The molecule has 1 aromatic carbocycles. The highest BCUT2D eigenvalue weighted by Crippen LogP contribution is 2.19. The number of aromatic nitrogens is 1. The minimum atomic E-state index is -0.991. The Morgan fingerprint density at radius 2 is 1.70 bits per heavy atom. The predicted molar refractivity (Wildman–Crippen MR) is 108 cm³/mol. The van der Waals surface area contributed by atoms with Crippen molar-refractivity contribution in [2.45, 2.75) is 40.7 Å². The molecule has 2 rings (SSSR count). The van der Waals surface area contributed by atoms with Crippen molar-refractivity contribution >= 4 is 23.4 Å². The number of Topliss-reactive ketones (excluding diaryl/α,β-unsaturated/α-hetero) is 2. The number of halogens is 1. The summed E-state index contributed by atoms with van der Waals surface area (Å²) in [5, 5.41) is 2.56. The van der Waals surface area contributed by atoms with Crippen LogP contribution in [0.2, 0.25) is 0 Å². The molecule has 0 aliphatic carbocycles. The van der Waals surface area contributed by atoms with Gasteiger partial charge in [-0.1, -0.05) is 13.8 Å². The molecular weight excluding hydrogens is 391 g/mol. The van der Waals surface area contributed by atoms with Crippen molar-refractivity contribution in [1.29, 1.82) is 0 Å². The quantitative estimate of drug-likeness (QED) is 0.508. The molecule has 0 spiro atoms. The maximum Gasteiger partial charge on any atom is 0.329 e. The maximum atomic E-state index is 13.0. The van der Waals surface area contributed by atoms with E-state index in [1.165, 1.54) is 19.1 Å². The Labute approximate surface area is 174 Å². The number of aromatic amines is 1. The number of rotatable bonds is 8. The smallest absolute Gasteiger partial charge is 0.329 e. The Kier molecular flexibility index (Phi) is 7.26. The van der Waals surface area contributed by atoms with Crippen molar-refractivity contribution < 1.29 is 28.3 Å². The fourth-order valence-electron chi connectivity index (χ4n) is 3.18. The summed E-state index contributed by atoms with van der Waals surface area (Å²) in [6, 6.07) is 3.91. The number of ether oxygens (including phenoxy) is 1. The number of nitrogens with one attached hydrogen (secondary N) is 2. The van der Waals surface area contributed by atoms with Crippen molar-refractivity contribution in [2.75, 3.05) is 6.61 Å². The third-order valence-electron chi connectivity index (χ3n) is 4.73. The van der Waals surface area contributed by atoms with Gasteiger partial charge < -0.3 is 15.0 Å². The van der Waals surface area contributed by atoms with Gasteiger partial charge in [-0.15, -0.1) is 0 Å². The highest BCUT2D eigenvalue weighted by atomic mass is 19.1. The Morgan fingerprint density at radius 3 is 2.20 bits per heavy atom. The van der Waals surface area contributed by atoms with Gasteiger partial charge >= 0.3 is 5.97 Å². The Hall–Kier alpha value is -3.29. The number of H-pyrrole nitrogens is 1. The number of carbonyl (C=O) groups is 4. The Balaban J connectivity index is 2.06. The van der Waals surface area contributed by atoms with E-state index in [0.29, 0.717) is 16.8 Å². The molecule has 0 unspecified atom stereocenters. The third-order valence-corrected chi connectivity index (χ3v) is 4.73. The van der Waals surface area contributed by atoms with Crippen LogP contribution in [0, 0.1) is 25.6 Å². The number of amides is 1. The lowest BCUT2D eigenvalue weighted by Crippen LogP contribution is -2.45. The van der Waals surface area contributed by atoms with Crippen molar-refractivity contribution in [1.82, 2.24) is 10.3 Å². The van der Waals surface area contributed by atoms with Crippen LogP contribution in [0.25, 0.3) is 0 Å². The van der Waals surface area contributed by atoms with E-state index in [1.54, 1.807) is 27.7 Å². The number of aryl methyl sites for hydroxylation is 1. The molecule has 2 N–H and O–H groups in total. The second-order valence-corrected chi connectivity index (χ2v) is 7.41. The Bertz CT molecular complexity index is 976. The largest absolute Gasteiger partial charge is 0.456 e. The van der Waals surface area contributed by atoms with Crippen LogP contribution in [0.3, 0.4) is 0 Å². The molecule has 0 saturated heterocycles. The molecule has 8 heteroatoms. The zero-order valence-electron chi connectivity index (χ0n) is 17.6. The first kappa shape index (κ1) is 23.0. The van der Waals surface area contributed by atoms with Crippen LogP contribution in [-0.4, -0.2) is 41.1 Å². The van der Waals surface area contributed by atoms with Crippen molar-refractivity contribution in [3.8, 4) is 0 Å². The summed E-state index contributed by atoms with van der Waals surface area (Å²) in [6.45, 7) is 7.65. The van der Waals surface area contributed by atoms with Gasteiger partial charge in [-0.3, -0.25) is 14.4 Å². The number of hydrogen-bond acceptors (Lipinski definition) is 5. The summed E-state index contributed by atoms with van der Waals surface area (Å²) in [5.74, 6) is -2.76. The molecule has 7 nitrogen and oxygen atoms in total. The molecule has 0 bridgehead atoms. The van der Waals surface area contributed by atoms with Gasteiger partial charge in [-0.25, -0.2) is 9.18 Å². The van der Waals surface area contributed by atoms with Gasteiger partial charge in [0.1, 0.15) is 11.9 Å². The van der Waals surface area contributed by atoms with E-state index in [1.807, 2.05) is 0 Å². The molecule has 0 aliphatic heterocycles. The molecule has 0 radical (unpaired) electrons. The van der Waals surface area contributed by atoms with E-state index in [0.717, 1.165) is 12.1 Å². The second kappa shape index (κ2) is 9.47. The van der Waals surface area contributed by atoms with E-state index >= 15 is 0 Å². The van der Waals surface area contributed by atoms with E-state index < -0.39 is 36.1 Å². The molecule has 0 aliphatic rings. The number of benzene rings is 1. The zero-order chi connectivity index (χ0) is 22.6. The maximum absolute atomic E-state index is 13.0. The predicted octanol–water partition coefficient (Wildman–Crippen LogP) is 3.15. The van der Waals surface area contributed by atoms with Crippen molar-refractivity contribution in [3.05, 3.63) is 58.2 Å². The van der Waals surface area contributed by atoms with Crippen LogP contribution in [-0.2, 0) is 9.53 Å². The van der Waals surface area contributed by atoms with E-state index in [9.17, 15) is 23.6 Å². The van der Waals surface area contributed by atoms with Gasteiger partial charge in [0.25, 0.3) is 5.91 Å². The minimum absolute atomic E-state index is 0.166. The van der Waals surface area contributed by atoms with E-state index in [-0.39, 0.29) is 23.0 Å². The lowest BCUT2D eigenvalue weighted by Gasteiger charge is -2.20. The van der Waals surface area contributed by atoms with Gasteiger partial charge in [-0.2, -0.15) is 0 Å². The van der Waals surface area contributed by atoms with E-state index in [4.69, 9.17) is 4.74 Å². The van der Waals surface area contributed by atoms with Crippen LogP contribution >= 0.6 is 0 Å². The van der Waals surface area contributed by atoms with Gasteiger partial charge in [0.15, 0.2) is 12.4 Å². The second-order valence-electron chi connectivity index (χ2n) is 7.41. The summed E-state index contributed by atoms with van der Waals surface area (Å²) in [5.41, 5.74) is 1.92. The van der Waals surface area contributed by atoms with Crippen LogP contribution in [0.1, 0.15) is 63.2 Å². The summed E-state index contributed by atoms with van der Waals surface area (Å²) in [7, 11) is 0. The molecule has 2 aromatic rings. The lowest BCUT2D eigenvalue weighted by molar-refractivity contribution is -0.145. The fraction of sp³-hybridized carbons (Fsp3) is 0.364. The number of hydrogen-bond donors (Lipinski definition) is 2. The standard InChI is InChI=1S/C22H25FN2O5/c1-11(2)19(25-21(28)15-6-8-16(23)9-7-15)22(29)30-10-17(27)20-12(3)18(14(5)26)13(4)24-20/h6-9,11,19,24H,10H2,1-5H3,(H,25,28)/t19-/m0/s1. The summed E-state index contributed by atoms with van der Waals surface area (Å²) < 4.78 is 18.2. The van der Waals surface area contributed by atoms with Crippen LogP contribution < -0.4 is 5.32 Å². The summed E-state index contributed by atoms with van der Waals surface area (Å²) in [6.07, 6.45) is 0. The molecule has 0 fully saturated rings. The average molecular weight is 416 g/mol. The summed E-state index contributed by atoms with van der Waals surface area (Å²) >= 11 is 0. The summed E-state index contributed by atoms with van der Waals surface area (Å²) in [4.78, 5) is 51.9. The molecule has 30 heavy (non-hydrogen) atoms. The van der Waals surface area contributed by atoms with Crippen molar-refractivity contribution in [3.63, 3.8) is 0 Å². The highest BCUT2D eigenvalue weighted by molar-refractivity contribution is 6.04. The average Bonchev–Trinajstić information content (AvgIpc) is 2.98. The minimum Gasteiger partial charge on any atom is -0.456 e. The van der Waals surface area contributed by atoms with Gasteiger partial charge in [0.2, 0.25) is 5.78 Å². The number of carbonyl (C=O) groups excluding carboxylic acids is 4. The lowest BCUT2D eigenvalue weighted by atomic mass is 10.0. The number of ketones is 2. The monoisotopic (exact) mass is 416 g/mol. The first-order valence-electron chi connectivity index (χ1n) is 9.49. The van der Waals surface area contributed by atoms with E-state index in [2.05, 4.69) is 10.3 Å². The highest BCUT2D eigenvalue weighted by Gasteiger charge is 2.28.